The summed E-state index contributed by atoms with van der Waals surface area (Å²) in [6.45, 7) is 6.76. The maximum Gasteiger partial charge on any atom is 0.266 e. The van der Waals surface area contributed by atoms with Crippen LogP contribution in [0.5, 0.6) is 5.75 Å². The summed E-state index contributed by atoms with van der Waals surface area (Å²) in [4.78, 5) is 32.1. The second-order valence-corrected chi connectivity index (χ2v) is 9.78. The SMILES string of the molecule is CN[C@@]1(c2ccc(OCc3cc(C)nc4ccccc34)cc2)CCN(C(CC(C)C)C(=O)NO)C1=O. The number of aromatic nitrogens is 1. The summed E-state index contributed by atoms with van der Waals surface area (Å²) >= 11 is 0. The lowest BCUT2D eigenvalue weighted by molar-refractivity contribution is -0.145. The standard InChI is InChI=1S/C28H34N4O4/c1-18(2)15-25(26(33)31-35)32-14-13-28(29-4,27(32)34)21-9-11-22(12-10-21)36-17-20-16-19(3)30-24-8-6-5-7-23(20)24/h5-12,16,18,25,29,35H,13-15,17H2,1-4H3,(H,31,33)/t25?,28-/m1/s1. The number of carbonyl (C=O) groups excluding carboxylic acids is 2. The van der Waals surface area contributed by atoms with Gasteiger partial charge in [0.05, 0.1) is 5.52 Å². The Morgan fingerprint density at radius 2 is 1.92 bits per heavy atom. The van der Waals surface area contributed by atoms with E-state index in [1.54, 1.807) is 17.4 Å². The summed E-state index contributed by atoms with van der Waals surface area (Å²) < 4.78 is 6.09. The van der Waals surface area contributed by atoms with Crippen LogP contribution in [0, 0.1) is 12.8 Å². The van der Waals surface area contributed by atoms with Crippen LogP contribution in [0.1, 0.15) is 43.5 Å². The number of fused-ring (bicyclic) bond motifs is 1. The molecule has 4 rings (SSSR count). The maximum absolute atomic E-state index is 13.6. The average molecular weight is 491 g/mol. The quantitative estimate of drug-likeness (QED) is 0.312. The van der Waals surface area contributed by atoms with Gasteiger partial charge in [0.25, 0.3) is 5.91 Å². The molecule has 0 bridgehead atoms. The number of hydrogen-bond acceptors (Lipinski definition) is 6. The first kappa shape index (κ1) is 25.6. The van der Waals surface area contributed by atoms with Crippen LogP contribution in [0.15, 0.2) is 54.6 Å². The molecule has 8 heteroatoms. The number of aryl methyl sites for hydroxylation is 1. The molecule has 8 nitrogen and oxygen atoms in total. The number of likely N-dealkylation sites (N-methyl/N-ethyl adjacent to an activating group) is 1. The summed E-state index contributed by atoms with van der Waals surface area (Å²) in [6, 6.07) is 16.8. The van der Waals surface area contributed by atoms with Crippen LogP contribution in [0.3, 0.4) is 0 Å². The van der Waals surface area contributed by atoms with Crippen molar-refractivity contribution in [1.82, 2.24) is 20.7 Å². The predicted octanol–water partition coefficient (Wildman–Crippen LogP) is 3.69. The zero-order valence-corrected chi connectivity index (χ0v) is 21.2. The molecule has 3 aromatic rings. The third kappa shape index (κ3) is 4.92. The number of hydrogen-bond donors (Lipinski definition) is 3. The van der Waals surface area contributed by atoms with Crippen molar-refractivity contribution in [3.63, 3.8) is 0 Å². The maximum atomic E-state index is 13.6. The molecular weight excluding hydrogens is 456 g/mol. The summed E-state index contributed by atoms with van der Waals surface area (Å²) in [6.07, 6.45) is 0.978. The largest absolute Gasteiger partial charge is 0.489 e. The van der Waals surface area contributed by atoms with E-state index < -0.39 is 17.5 Å². The highest BCUT2D eigenvalue weighted by atomic mass is 16.5. The first-order valence-corrected chi connectivity index (χ1v) is 12.3. The van der Waals surface area contributed by atoms with Crippen molar-refractivity contribution in [1.29, 1.82) is 0 Å². The fraction of sp³-hybridized carbons (Fsp3) is 0.393. The molecule has 2 aromatic carbocycles. The minimum Gasteiger partial charge on any atom is -0.489 e. The second-order valence-electron chi connectivity index (χ2n) is 9.78. The minimum absolute atomic E-state index is 0.174. The van der Waals surface area contributed by atoms with E-state index in [-0.39, 0.29) is 11.8 Å². The number of nitrogens with zero attached hydrogens (tertiary/aromatic N) is 2. The van der Waals surface area contributed by atoms with Crippen LogP contribution >= 0.6 is 0 Å². The first-order chi connectivity index (χ1) is 17.3. The fourth-order valence-corrected chi connectivity index (χ4v) is 5.09. The Labute approximate surface area is 211 Å². The van der Waals surface area contributed by atoms with Gasteiger partial charge in [-0.05, 0) is 62.6 Å². The van der Waals surface area contributed by atoms with E-state index in [2.05, 4.69) is 10.3 Å². The molecule has 0 radical (unpaired) electrons. The lowest BCUT2D eigenvalue weighted by Crippen LogP contribution is -2.53. The predicted molar refractivity (Wildman–Crippen MR) is 137 cm³/mol. The Balaban J connectivity index is 1.52. The molecule has 1 unspecified atom stereocenters. The van der Waals surface area contributed by atoms with Crippen molar-refractivity contribution in [3.8, 4) is 5.75 Å². The number of hydroxylamine groups is 1. The molecule has 1 saturated heterocycles. The van der Waals surface area contributed by atoms with E-state index in [1.165, 1.54) is 0 Å². The number of nitrogens with one attached hydrogen (secondary N) is 2. The Bertz CT molecular complexity index is 1240. The normalized spacial score (nSPS) is 18.6. The zero-order chi connectivity index (χ0) is 25.9. The molecule has 1 aromatic heterocycles. The highest BCUT2D eigenvalue weighted by Gasteiger charge is 2.50. The van der Waals surface area contributed by atoms with Crippen molar-refractivity contribution < 1.29 is 19.5 Å². The molecule has 2 heterocycles. The summed E-state index contributed by atoms with van der Waals surface area (Å²) in [5.74, 6) is 0.142. The lowest BCUT2D eigenvalue weighted by atomic mass is 9.88. The van der Waals surface area contributed by atoms with E-state index in [1.807, 2.05) is 75.4 Å². The third-order valence-corrected chi connectivity index (χ3v) is 6.94. The highest BCUT2D eigenvalue weighted by molar-refractivity contribution is 5.94. The summed E-state index contributed by atoms with van der Waals surface area (Å²) in [7, 11) is 1.76. The number of ether oxygens (including phenoxy) is 1. The number of para-hydroxylation sites is 1. The minimum atomic E-state index is -0.943. The van der Waals surface area contributed by atoms with Gasteiger partial charge in [0.15, 0.2) is 0 Å². The van der Waals surface area contributed by atoms with Gasteiger partial charge < -0.3 is 15.0 Å². The van der Waals surface area contributed by atoms with E-state index in [0.717, 1.165) is 27.7 Å². The van der Waals surface area contributed by atoms with Crippen LogP contribution in [-0.4, -0.2) is 46.5 Å². The number of rotatable bonds is 9. The molecular formula is C28H34N4O4. The van der Waals surface area contributed by atoms with E-state index >= 15 is 0 Å². The molecule has 3 N–H and O–H groups in total. The number of pyridine rings is 1. The van der Waals surface area contributed by atoms with Crippen molar-refractivity contribution in [2.75, 3.05) is 13.6 Å². The Kier molecular flexibility index (Phi) is 7.56. The summed E-state index contributed by atoms with van der Waals surface area (Å²) in [5.41, 5.74) is 4.54. The Morgan fingerprint density at radius 3 is 2.58 bits per heavy atom. The number of benzene rings is 2. The Hall–Kier alpha value is -3.49. The van der Waals surface area contributed by atoms with Gasteiger partial charge >= 0.3 is 0 Å². The molecule has 0 aliphatic carbocycles. The molecule has 1 aliphatic heterocycles. The molecule has 190 valence electrons. The monoisotopic (exact) mass is 490 g/mol. The van der Waals surface area contributed by atoms with Crippen molar-refractivity contribution in [3.05, 3.63) is 71.4 Å². The van der Waals surface area contributed by atoms with Gasteiger partial charge in [-0.3, -0.25) is 19.8 Å². The van der Waals surface area contributed by atoms with E-state index in [4.69, 9.17) is 4.74 Å². The van der Waals surface area contributed by atoms with Gasteiger partial charge in [-0.1, -0.05) is 44.2 Å². The lowest BCUT2D eigenvalue weighted by Gasteiger charge is -2.31. The molecule has 2 atom stereocenters. The first-order valence-electron chi connectivity index (χ1n) is 12.3. The van der Waals surface area contributed by atoms with Crippen LogP contribution in [-0.2, 0) is 21.7 Å². The van der Waals surface area contributed by atoms with Gasteiger partial charge in [-0.15, -0.1) is 0 Å². The third-order valence-electron chi connectivity index (χ3n) is 6.94. The van der Waals surface area contributed by atoms with Crippen molar-refractivity contribution >= 4 is 22.7 Å². The number of amides is 2. The second kappa shape index (κ2) is 10.6. The zero-order valence-electron chi connectivity index (χ0n) is 21.2. The average Bonchev–Trinajstić information content (AvgIpc) is 3.22. The van der Waals surface area contributed by atoms with Gasteiger partial charge in [0.2, 0.25) is 5.91 Å². The van der Waals surface area contributed by atoms with Gasteiger partial charge in [0.1, 0.15) is 23.9 Å². The smallest absolute Gasteiger partial charge is 0.266 e. The van der Waals surface area contributed by atoms with E-state index in [0.29, 0.717) is 31.7 Å². The molecule has 0 spiro atoms. The van der Waals surface area contributed by atoms with Crippen molar-refractivity contribution in [2.45, 2.75) is 51.8 Å². The van der Waals surface area contributed by atoms with Crippen LogP contribution in [0.2, 0.25) is 0 Å². The molecule has 36 heavy (non-hydrogen) atoms. The topological polar surface area (TPSA) is 104 Å². The van der Waals surface area contributed by atoms with E-state index in [9.17, 15) is 14.8 Å². The molecule has 0 saturated carbocycles. The Morgan fingerprint density at radius 1 is 1.19 bits per heavy atom. The number of carbonyl (C=O) groups is 2. The fourth-order valence-electron chi connectivity index (χ4n) is 5.09. The van der Waals surface area contributed by atoms with Crippen LogP contribution in [0.25, 0.3) is 10.9 Å². The van der Waals surface area contributed by atoms with Crippen molar-refractivity contribution in [2.24, 2.45) is 5.92 Å². The molecule has 2 amide bonds. The van der Waals surface area contributed by atoms with Gasteiger partial charge in [-0.2, -0.15) is 0 Å². The summed E-state index contributed by atoms with van der Waals surface area (Å²) in [5, 5.41) is 13.5. The van der Waals surface area contributed by atoms with Crippen LogP contribution in [0.4, 0.5) is 0 Å². The number of likely N-dealkylation sites (tertiary alicyclic amines) is 1. The molecule has 1 aliphatic rings. The molecule has 1 fully saturated rings. The van der Waals surface area contributed by atoms with Gasteiger partial charge in [0, 0.05) is 23.2 Å². The van der Waals surface area contributed by atoms with Gasteiger partial charge in [-0.25, -0.2) is 5.48 Å². The highest BCUT2D eigenvalue weighted by Crippen LogP contribution is 2.36. The van der Waals surface area contributed by atoms with Crippen LogP contribution < -0.4 is 15.5 Å².